The molecule has 0 aromatic heterocycles. The first-order valence-corrected chi connectivity index (χ1v) is 11.4. The number of rotatable bonds is 6. The predicted molar refractivity (Wildman–Crippen MR) is 121 cm³/mol. The van der Waals surface area contributed by atoms with Gasteiger partial charge in [0.1, 0.15) is 0 Å². The molecule has 0 bridgehead atoms. The van der Waals surface area contributed by atoms with Crippen LogP contribution in [0.3, 0.4) is 0 Å². The third-order valence-electron chi connectivity index (χ3n) is 6.16. The first kappa shape index (κ1) is 22.1. The van der Waals surface area contributed by atoms with E-state index in [2.05, 4.69) is 65.6 Å². The first-order valence-electron chi connectivity index (χ1n) is 11.4. The van der Waals surface area contributed by atoms with Crippen LogP contribution < -0.4 is 10.6 Å². The van der Waals surface area contributed by atoms with Crippen LogP contribution >= 0.6 is 0 Å². The molecule has 2 heterocycles. The number of aliphatic imine (C=N–C) groups is 1. The van der Waals surface area contributed by atoms with Gasteiger partial charge in [0.2, 0.25) is 0 Å². The number of ether oxygens (including phenoxy) is 1. The zero-order valence-electron chi connectivity index (χ0n) is 18.8. The molecular formula is C24H40N4O. The highest BCUT2D eigenvalue weighted by molar-refractivity contribution is 5.80. The Morgan fingerprint density at radius 2 is 1.90 bits per heavy atom. The molecule has 2 aliphatic heterocycles. The van der Waals surface area contributed by atoms with E-state index >= 15 is 0 Å². The number of nitrogens with one attached hydrogen (secondary N) is 2. The summed E-state index contributed by atoms with van der Waals surface area (Å²) in [5.74, 6) is 2.14. The molecular weight excluding hydrogens is 360 g/mol. The van der Waals surface area contributed by atoms with Gasteiger partial charge in [0.25, 0.3) is 0 Å². The molecule has 2 atom stereocenters. The summed E-state index contributed by atoms with van der Waals surface area (Å²) in [4.78, 5) is 7.07. The molecule has 0 saturated carbocycles. The van der Waals surface area contributed by atoms with Crippen molar-refractivity contribution >= 4 is 5.96 Å². The summed E-state index contributed by atoms with van der Waals surface area (Å²) in [6.45, 7) is 12.1. The van der Waals surface area contributed by atoms with Crippen molar-refractivity contribution in [1.82, 2.24) is 15.5 Å². The minimum atomic E-state index is 0.175. The molecule has 2 unspecified atom stereocenters. The number of likely N-dealkylation sites (tertiary alicyclic amines) is 1. The van der Waals surface area contributed by atoms with Crippen molar-refractivity contribution < 1.29 is 4.74 Å². The second-order valence-corrected chi connectivity index (χ2v) is 9.17. The van der Waals surface area contributed by atoms with Crippen molar-refractivity contribution in [3.05, 3.63) is 35.4 Å². The van der Waals surface area contributed by atoms with Gasteiger partial charge in [-0.05, 0) is 44.1 Å². The molecule has 0 aliphatic carbocycles. The van der Waals surface area contributed by atoms with E-state index in [0.717, 1.165) is 31.4 Å². The number of guanidine groups is 1. The molecule has 0 amide bonds. The maximum atomic E-state index is 6.17. The number of nitrogens with zero attached hydrogens (tertiary/aromatic N) is 2. The summed E-state index contributed by atoms with van der Waals surface area (Å²) >= 11 is 0. The highest BCUT2D eigenvalue weighted by atomic mass is 16.5. The number of benzene rings is 1. The van der Waals surface area contributed by atoms with E-state index < -0.39 is 0 Å². The number of hydrogen-bond acceptors (Lipinski definition) is 3. The predicted octanol–water partition coefficient (Wildman–Crippen LogP) is 3.75. The molecule has 5 heteroatoms. The molecule has 2 fully saturated rings. The van der Waals surface area contributed by atoms with Gasteiger partial charge in [-0.2, -0.15) is 0 Å². The normalized spacial score (nSPS) is 24.7. The number of aryl methyl sites for hydroxylation is 1. The topological polar surface area (TPSA) is 48.9 Å². The third kappa shape index (κ3) is 6.71. The van der Waals surface area contributed by atoms with E-state index in [-0.39, 0.29) is 6.10 Å². The summed E-state index contributed by atoms with van der Waals surface area (Å²) in [7, 11) is 1.87. The van der Waals surface area contributed by atoms with E-state index in [1.54, 1.807) is 0 Å². The maximum absolute atomic E-state index is 6.17. The van der Waals surface area contributed by atoms with E-state index in [0.29, 0.717) is 12.0 Å². The first-order chi connectivity index (χ1) is 14.0. The Bertz CT molecular complexity index is 635. The van der Waals surface area contributed by atoms with Gasteiger partial charge in [-0.25, -0.2) is 0 Å². The van der Waals surface area contributed by atoms with Crippen molar-refractivity contribution in [2.24, 2.45) is 16.8 Å². The molecule has 3 rings (SSSR count). The second kappa shape index (κ2) is 11.0. The number of hydrogen-bond donors (Lipinski definition) is 2. The Balaban J connectivity index is 1.48. The van der Waals surface area contributed by atoms with Crippen molar-refractivity contribution in [1.29, 1.82) is 0 Å². The summed E-state index contributed by atoms with van der Waals surface area (Å²) in [6.07, 6.45) is 4.87. The van der Waals surface area contributed by atoms with Crippen LogP contribution in [-0.4, -0.2) is 56.7 Å². The Kier molecular flexibility index (Phi) is 8.37. The van der Waals surface area contributed by atoms with Crippen LogP contribution in [0.5, 0.6) is 0 Å². The molecule has 1 aromatic carbocycles. The van der Waals surface area contributed by atoms with Gasteiger partial charge < -0.3 is 20.3 Å². The van der Waals surface area contributed by atoms with Crippen molar-refractivity contribution in [2.45, 2.75) is 58.6 Å². The van der Waals surface area contributed by atoms with Gasteiger partial charge in [-0.15, -0.1) is 0 Å². The van der Waals surface area contributed by atoms with Crippen LogP contribution in [0.25, 0.3) is 0 Å². The minimum Gasteiger partial charge on any atom is -0.373 e. The molecule has 0 spiro atoms. The average molecular weight is 401 g/mol. The van der Waals surface area contributed by atoms with Crippen molar-refractivity contribution in [3.8, 4) is 0 Å². The summed E-state index contributed by atoms with van der Waals surface area (Å²) < 4.78 is 6.17. The van der Waals surface area contributed by atoms with Crippen LogP contribution in [0.1, 0.15) is 56.8 Å². The highest BCUT2D eigenvalue weighted by Gasteiger charge is 2.28. The Morgan fingerprint density at radius 1 is 1.17 bits per heavy atom. The lowest BCUT2D eigenvalue weighted by Crippen LogP contribution is -2.50. The SMILES string of the molecule is CN=C(NCC1CCCOC1c1ccc(C)cc1)NC1CCN(CC(C)C)CC1. The summed E-state index contributed by atoms with van der Waals surface area (Å²) in [5, 5.41) is 7.24. The van der Waals surface area contributed by atoms with Gasteiger partial charge in [0.05, 0.1) is 6.10 Å². The summed E-state index contributed by atoms with van der Waals surface area (Å²) in [5.41, 5.74) is 2.59. The standard InChI is InChI=1S/C24H40N4O/c1-18(2)17-28-13-11-22(12-14-28)27-24(25-4)26-16-21-6-5-15-29-23(21)20-9-7-19(3)8-10-20/h7-10,18,21-23H,5-6,11-17H2,1-4H3,(H2,25,26,27). The van der Waals surface area contributed by atoms with Gasteiger partial charge >= 0.3 is 0 Å². The molecule has 5 nitrogen and oxygen atoms in total. The largest absolute Gasteiger partial charge is 0.373 e. The zero-order chi connectivity index (χ0) is 20.6. The molecule has 2 saturated heterocycles. The van der Waals surface area contributed by atoms with E-state index in [1.807, 2.05) is 7.05 Å². The van der Waals surface area contributed by atoms with E-state index in [1.165, 1.54) is 50.0 Å². The zero-order valence-corrected chi connectivity index (χ0v) is 18.8. The van der Waals surface area contributed by atoms with Crippen LogP contribution in [0.2, 0.25) is 0 Å². The van der Waals surface area contributed by atoms with Crippen LogP contribution in [0, 0.1) is 18.8 Å². The maximum Gasteiger partial charge on any atom is 0.191 e. The lowest BCUT2D eigenvalue weighted by atomic mass is 9.89. The van der Waals surface area contributed by atoms with Gasteiger partial charge in [0, 0.05) is 51.8 Å². The van der Waals surface area contributed by atoms with Crippen molar-refractivity contribution in [3.63, 3.8) is 0 Å². The lowest BCUT2D eigenvalue weighted by Gasteiger charge is -2.35. The van der Waals surface area contributed by atoms with Crippen LogP contribution in [0.15, 0.2) is 29.3 Å². The molecule has 2 N–H and O–H groups in total. The monoisotopic (exact) mass is 400 g/mol. The van der Waals surface area contributed by atoms with E-state index in [9.17, 15) is 0 Å². The fourth-order valence-electron chi connectivity index (χ4n) is 4.57. The smallest absolute Gasteiger partial charge is 0.191 e. The van der Waals surface area contributed by atoms with Crippen LogP contribution in [-0.2, 0) is 4.74 Å². The fraction of sp³-hybridized carbons (Fsp3) is 0.708. The summed E-state index contributed by atoms with van der Waals surface area (Å²) in [6, 6.07) is 9.32. The average Bonchev–Trinajstić information content (AvgIpc) is 2.73. The molecule has 0 radical (unpaired) electrons. The Labute approximate surface area is 177 Å². The van der Waals surface area contributed by atoms with Gasteiger partial charge in [0.15, 0.2) is 5.96 Å². The fourth-order valence-corrected chi connectivity index (χ4v) is 4.57. The highest BCUT2D eigenvalue weighted by Crippen LogP contribution is 2.33. The van der Waals surface area contributed by atoms with Crippen molar-refractivity contribution in [2.75, 3.05) is 39.8 Å². The van der Waals surface area contributed by atoms with Gasteiger partial charge in [-0.3, -0.25) is 4.99 Å². The molecule has 1 aromatic rings. The second-order valence-electron chi connectivity index (χ2n) is 9.17. The molecule has 29 heavy (non-hydrogen) atoms. The Morgan fingerprint density at radius 3 is 2.55 bits per heavy atom. The lowest BCUT2D eigenvalue weighted by molar-refractivity contribution is -0.0265. The van der Waals surface area contributed by atoms with Gasteiger partial charge in [-0.1, -0.05) is 43.7 Å². The minimum absolute atomic E-state index is 0.175. The molecule has 2 aliphatic rings. The van der Waals surface area contributed by atoms with Crippen LogP contribution in [0.4, 0.5) is 0 Å². The number of piperidine rings is 1. The molecule has 162 valence electrons. The quantitative estimate of drug-likeness (QED) is 0.564. The third-order valence-corrected chi connectivity index (χ3v) is 6.16. The Hall–Kier alpha value is -1.59. The van der Waals surface area contributed by atoms with E-state index in [4.69, 9.17) is 4.74 Å².